The number of nitrogens with zero attached hydrogens (tertiary/aromatic N) is 4. The van der Waals surface area contributed by atoms with Crippen LogP contribution in [0.3, 0.4) is 0 Å². The van der Waals surface area contributed by atoms with Gasteiger partial charge in [0.2, 0.25) is 5.88 Å². The molecule has 11 heteroatoms. The van der Waals surface area contributed by atoms with Crippen LogP contribution in [0.5, 0.6) is 5.88 Å². The lowest BCUT2D eigenvalue weighted by atomic mass is 10.2. The molecule has 3 aromatic heterocycles. The normalized spacial score (nSPS) is 16.4. The van der Waals surface area contributed by atoms with E-state index in [9.17, 15) is 18.0 Å². The average molecular weight is 449 g/mol. The summed E-state index contributed by atoms with van der Waals surface area (Å²) in [5.74, 6) is -0.361. The van der Waals surface area contributed by atoms with E-state index in [4.69, 9.17) is 9.47 Å². The predicted octanol–water partition coefficient (Wildman–Crippen LogP) is 3.03. The Morgan fingerprint density at radius 1 is 1.38 bits per heavy atom. The molecule has 1 unspecified atom stereocenters. The molecule has 1 aliphatic rings. The van der Waals surface area contributed by atoms with Crippen molar-refractivity contribution in [1.82, 2.24) is 25.1 Å². The smallest absolute Gasteiger partial charge is 0.422 e. The van der Waals surface area contributed by atoms with Crippen LogP contribution >= 0.6 is 0 Å². The minimum atomic E-state index is -4.43. The molecule has 3 aromatic rings. The molecule has 1 N–H and O–H groups in total. The number of hydrogen-bond acceptors (Lipinski definition) is 6. The van der Waals surface area contributed by atoms with Gasteiger partial charge in [-0.15, -0.1) is 0 Å². The Kier molecular flexibility index (Phi) is 6.26. The third kappa shape index (κ3) is 5.34. The summed E-state index contributed by atoms with van der Waals surface area (Å²) < 4.78 is 49.0. The fourth-order valence-corrected chi connectivity index (χ4v) is 3.55. The maximum Gasteiger partial charge on any atom is 0.422 e. The first-order valence-electron chi connectivity index (χ1n) is 10.2. The Balaban J connectivity index is 1.46. The first-order valence-corrected chi connectivity index (χ1v) is 10.2. The Hall–Kier alpha value is -3.21. The van der Waals surface area contributed by atoms with Crippen LogP contribution in [-0.2, 0) is 11.3 Å². The monoisotopic (exact) mass is 449 g/mol. The standard InChI is InChI=1S/C21H22F3N5O3/c1-13-7-14(8-27-20(13)32-12-21(22,23)24)10-29-11-16-17(28-29)4-5-25-18(16)19(30)26-9-15-3-2-6-31-15/h4-5,7-8,11,15H,2-3,6,9-10,12H2,1H3,(H,26,30). The number of carbonyl (C=O) groups is 1. The molecule has 4 rings (SSSR count). The number of rotatable bonds is 7. The average Bonchev–Trinajstić information content (AvgIpc) is 3.39. The van der Waals surface area contributed by atoms with E-state index in [1.807, 2.05) is 0 Å². The summed E-state index contributed by atoms with van der Waals surface area (Å²) in [5, 5.41) is 7.94. The third-order valence-corrected chi connectivity index (χ3v) is 5.01. The Morgan fingerprint density at radius 3 is 2.94 bits per heavy atom. The van der Waals surface area contributed by atoms with Crippen LogP contribution < -0.4 is 10.1 Å². The molecule has 32 heavy (non-hydrogen) atoms. The molecule has 0 radical (unpaired) electrons. The number of ether oxygens (including phenoxy) is 2. The highest BCUT2D eigenvalue weighted by atomic mass is 19.4. The van der Waals surface area contributed by atoms with Gasteiger partial charge in [-0.25, -0.2) is 4.98 Å². The highest BCUT2D eigenvalue weighted by molar-refractivity contribution is 6.04. The van der Waals surface area contributed by atoms with Crippen molar-refractivity contribution in [2.45, 2.75) is 38.6 Å². The number of alkyl halides is 3. The zero-order chi connectivity index (χ0) is 22.7. The van der Waals surface area contributed by atoms with Gasteiger partial charge < -0.3 is 14.8 Å². The van der Waals surface area contributed by atoms with Gasteiger partial charge in [-0.05, 0) is 37.5 Å². The lowest BCUT2D eigenvalue weighted by Gasteiger charge is -2.11. The second kappa shape index (κ2) is 9.11. The van der Waals surface area contributed by atoms with Gasteiger partial charge in [0.05, 0.1) is 23.6 Å². The van der Waals surface area contributed by atoms with Crippen molar-refractivity contribution in [2.75, 3.05) is 19.8 Å². The summed E-state index contributed by atoms with van der Waals surface area (Å²) in [7, 11) is 0. The highest BCUT2D eigenvalue weighted by Crippen LogP contribution is 2.22. The van der Waals surface area contributed by atoms with Crippen molar-refractivity contribution in [3.8, 4) is 5.88 Å². The van der Waals surface area contributed by atoms with Gasteiger partial charge in [-0.2, -0.15) is 18.3 Å². The number of halogens is 3. The first-order chi connectivity index (χ1) is 15.3. The Morgan fingerprint density at radius 2 is 2.22 bits per heavy atom. The van der Waals surface area contributed by atoms with E-state index in [0.29, 0.717) is 36.2 Å². The lowest BCUT2D eigenvalue weighted by molar-refractivity contribution is -0.154. The van der Waals surface area contributed by atoms with Crippen LogP contribution in [0, 0.1) is 6.92 Å². The Labute approximate surface area is 181 Å². The Bertz CT molecular complexity index is 1110. The fourth-order valence-electron chi connectivity index (χ4n) is 3.55. The summed E-state index contributed by atoms with van der Waals surface area (Å²) in [5.41, 5.74) is 2.10. The minimum absolute atomic E-state index is 0.0275. The SMILES string of the molecule is Cc1cc(Cn2cc3c(C(=O)NCC4CCCO4)nccc3n2)cnc1OCC(F)(F)F. The molecule has 1 aliphatic heterocycles. The molecule has 0 aromatic carbocycles. The number of hydrogen-bond donors (Lipinski definition) is 1. The molecule has 8 nitrogen and oxygen atoms in total. The zero-order valence-electron chi connectivity index (χ0n) is 17.4. The second-order valence-corrected chi connectivity index (χ2v) is 7.63. The van der Waals surface area contributed by atoms with Gasteiger partial charge >= 0.3 is 6.18 Å². The largest absolute Gasteiger partial charge is 0.468 e. The topological polar surface area (TPSA) is 91.2 Å². The fraction of sp³-hybridized carbons (Fsp3) is 0.429. The van der Waals surface area contributed by atoms with E-state index in [1.165, 1.54) is 12.4 Å². The summed E-state index contributed by atoms with van der Waals surface area (Å²) in [6, 6.07) is 3.40. The van der Waals surface area contributed by atoms with Gasteiger partial charge in [0.1, 0.15) is 5.69 Å². The van der Waals surface area contributed by atoms with Gasteiger partial charge in [0, 0.05) is 37.3 Å². The van der Waals surface area contributed by atoms with E-state index in [-0.39, 0.29) is 23.6 Å². The number of aromatic nitrogens is 4. The van der Waals surface area contributed by atoms with E-state index >= 15 is 0 Å². The van der Waals surface area contributed by atoms with Crippen LogP contribution in [0.2, 0.25) is 0 Å². The molecule has 0 saturated carbocycles. The van der Waals surface area contributed by atoms with Gasteiger partial charge in [-0.3, -0.25) is 14.5 Å². The van der Waals surface area contributed by atoms with E-state index in [0.717, 1.165) is 18.4 Å². The summed E-state index contributed by atoms with van der Waals surface area (Å²) in [4.78, 5) is 20.8. The molecule has 170 valence electrons. The van der Waals surface area contributed by atoms with Crippen molar-refractivity contribution >= 4 is 16.8 Å². The summed E-state index contributed by atoms with van der Waals surface area (Å²) in [6.07, 6.45) is 2.20. The van der Waals surface area contributed by atoms with Crippen molar-refractivity contribution in [3.63, 3.8) is 0 Å². The number of carbonyl (C=O) groups excluding carboxylic acids is 1. The molecule has 0 spiro atoms. The van der Waals surface area contributed by atoms with Crippen molar-refractivity contribution in [2.24, 2.45) is 0 Å². The van der Waals surface area contributed by atoms with Gasteiger partial charge in [0.25, 0.3) is 5.91 Å². The number of pyridine rings is 2. The number of fused-ring (bicyclic) bond motifs is 1. The van der Waals surface area contributed by atoms with E-state index < -0.39 is 12.8 Å². The summed E-state index contributed by atoms with van der Waals surface area (Å²) in [6.45, 7) is 1.69. The van der Waals surface area contributed by atoms with Crippen molar-refractivity contribution in [1.29, 1.82) is 0 Å². The molecule has 1 amide bonds. The lowest BCUT2D eigenvalue weighted by Crippen LogP contribution is -2.32. The van der Waals surface area contributed by atoms with Gasteiger partial charge in [-0.1, -0.05) is 0 Å². The van der Waals surface area contributed by atoms with Gasteiger partial charge in [0.15, 0.2) is 6.61 Å². The van der Waals surface area contributed by atoms with Crippen LogP contribution in [-0.4, -0.2) is 57.7 Å². The first kappa shape index (κ1) is 22.0. The third-order valence-electron chi connectivity index (χ3n) is 5.01. The zero-order valence-corrected chi connectivity index (χ0v) is 17.4. The van der Waals surface area contributed by atoms with E-state index in [1.54, 1.807) is 29.9 Å². The molecule has 0 aliphatic carbocycles. The molecule has 1 saturated heterocycles. The van der Waals surface area contributed by atoms with E-state index in [2.05, 4.69) is 20.4 Å². The van der Waals surface area contributed by atoms with Crippen molar-refractivity contribution < 1.29 is 27.4 Å². The molecule has 0 bridgehead atoms. The van der Waals surface area contributed by atoms with Crippen LogP contribution in [0.1, 0.15) is 34.5 Å². The number of aryl methyl sites for hydroxylation is 1. The molecule has 4 heterocycles. The molecule has 1 fully saturated rings. The quantitative estimate of drug-likeness (QED) is 0.596. The maximum atomic E-state index is 12.6. The molecular weight excluding hydrogens is 427 g/mol. The van der Waals surface area contributed by atoms with Crippen molar-refractivity contribution in [3.05, 3.63) is 47.5 Å². The molecular formula is C21H22F3N5O3. The molecule has 1 atom stereocenters. The highest BCUT2D eigenvalue weighted by Gasteiger charge is 2.29. The van der Waals surface area contributed by atoms with Crippen LogP contribution in [0.4, 0.5) is 13.2 Å². The second-order valence-electron chi connectivity index (χ2n) is 7.63. The maximum absolute atomic E-state index is 12.6. The number of nitrogens with one attached hydrogen (secondary N) is 1. The predicted molar refractivity (Wildman–Crippen MR) is 108 cm³/mol. The summed E-state index contributed by atoms with van der Waals surface area (Å²) >= 11 is 0. The van der Waals surface area contributed by atoms with Crippen LogP contribution in [0.25, 0.3) is 10.9 Å². The van der Waals surface area contributed by atoms with Crippen LogP contribution in [0.15, 0.2) is 30.7 Å². The minimum Gasteiger partial charge on any atom is -0.468 e. The number of amides is 1.